The first kappa shape index (κ1) is 17.3. The van der Waals surface area contributed by atoms with E-state index < -0.39 is 12.2 Å². The molecule has 0 saturated carbocycles. The van der Waals surface area contributed by atoms with Crippen LogP contribution in [0, 0.1) is 0 Å². The van der Waals surface area contributed by atoms with Gasteiger partial charge in [0.2, 0.25) is 0 Å². The Morgan fingerprint density at radius 2 is 1.26 bits per heavy atom. The molecule has 0 bridgehead atoms. The van der Waals surface area contributed by atoms with E-state index in [1.54, 1.807) is 0 Å². The summed E-state index contributed by atoms with van der Waals surface area (Å²) in [6, 6.07) is 15.1. The molecule has 0 radical (unpaired) electrons. The molecule has 4 heteroatoms. The SMILES string of the molecule is CCN(CC)c1ccc(C(O)C(O)c2ccc(NC)cc2)cc1. The van der Waals surface area contributed by atoms with Crippen LogP contribution in [0.4, 0.5) is 11.4 Å². The van der Waals surface area contributed by atoms with E-state index >= 15 is 0 Å². The Labute approximate surface area is 138 Å². The standard InChI is InChI=1S/C19H26N2O2/c1-4-21(5-2)17-12-8-15(9-13-17)19(23)18(22)14-6-10-16(20-3)11-7-14/h6-13,18-20,22-23H,4-5H2,1-3H3. The molecule has 3 N–H and O–H groups in total. The van der Waals surface area contributed by atoms with Crippen molar-refractivity contribution >= 4 is 11.4 Å². The second-order valence-electron chi connectivity index (χ2n) is 5.53. The van der Waals surface area contributed by atoms with Crippen molar-refractivity contribution in [1.29, 1.82) is 0 Å². The van der Waals surface area contributed by atoms with Crippen LogP contribution in [0.1, 0.15) is 37.2 Å². The largest absolute Gasteiger partial charge is 0.388 e. The molecular weight excluding hydrogens is 288 g/mol. The minimum atomic E-state index is -0.944. The zero-order valence-electron chi connectivity index (χ0n) is 14.0. The van der Waals surface area contributed by atoms with Crippen LogP contribution < -0.4 is 10.2 Å². The third kappa shape index (κ3) is 4.03. The van der Waals surface area contributed by atoms with Crippen LogP contribution in [-0.4, -0.2) is 30.4 Å². The minimum absolute atomic E-state index is 0.698. The Kier molecular flexibility index (Phi) is 6.02. The molecule has 2 atom stereocenters. The maximum Gasteiger partial charge on any atom is 0.109 e. The van der Waals surface area contributed by atoms with Gasteiger partial charge >= 0.3 is 0 Å². The zero-order chi connectivity index (χ0) is 16.8. The maximum absolute atomic E-state index is 10.4. The minimum Gasteiger partial charge on any atom is -0.388 e. The average Bonchev–Trinajstić information content (AvgIpc) is 2.62. The fourth-order valence-electron chi connectivity index (χ4n) is 2.68. The van der Waals surface area contributed by atoms with E-state index in [0.717, 1.165) is 24.5 Å². The quantitative estimate of drug-likeness (QED) is 0.733. The molecule has 0 amide bonds. The molecule has 124 valence electrons. The van der Waals surface area contributed by atoms with Crippen molar-refractivity contribution in [3.8, 4) is 0 Å². The van der Waals surface area contributed by atoms with Crippen LogP contribution in [0.3, 0.4) is 0 Å². The molecule has 2 aromatic carbocycles. The van der Waals surface area contributed by atoms with Crippen molar-refractivity contribution in [1.82, 2.24) is 0 Å². The van der Waals surface area contributed by atoms with E-state index in [4.69, 9.17) is 0 Å². The topological polar surface area (TPSA) is 55.7 Å². The van der Waals surface area contributed by atoms with Crippen molar-refractivity contribution < 1.29 is 10.2 Å². The highest BCUT2D eigenvalue weighted by molar-refractivity contribution is 5.48. The molecule has 0 aromatic heterocycles. The third-order valence-corrected chi connectivity index (χ3v) is 4.20. The molecule has 0 aliphatic heterocycles. The summed E-state index contributed by atoms with van der Waals surface area (Å²) in [5.41, 5.74) is 3.51. The number of aliphatic hydroxyl groups is 2. The van der Waals surface area contributed by atoms with Crippen molar-refractivity contribution in [3.63, 3.8) is 0 Å². The Hall–Kier alpha value is -2.04. The van der Waals surface area contributed by atoms with Crippen LogP contribution in [0.15, 0.2) is 48.5 Å². The number of hydrogen-bond acceptors (Lipinski definition) is 4. The monoisotopic (exact) mass is 314 g/mol. The van der Waals surface area contributed by atoms with Crippen molar-refractivity contribution in [3.05, 3.63) is 59.7 Å². The predicted molar refractivity (Wildman–Crippen MR) is 95.9 cm³/mol. The fourth-order valence-corrected chi connectivity index (χ4v) is 2.68. The summed E-state index contributed by atoms with van der Waals surface area (Å²) in [6.45, 7) is 6.12. The molecule has 4 nitrogen and oxygen atoms in total. The van der Waals surface area contributed by atoms with Crippen molar-refractivity contribution in [2.75, 3.05) is 30.4 Å². The molecule has 2 rings (SSSR count). The predicted octanol–water partition coefficient (Wildman–Crippen LogP) is 3.34. The lowest BCUT2D eigenvalue weighted by atomic mass is 9.98. The van der Waals surface area contributed by atoms with E-state index in [0.29, 0.717) is 11.1 Å². The van der Waals surface area contributed by atoms with Gasteiger partial charge in [-0.2, -0.15) is 0 Å². The number of nitrogens with one attached hydrogen (secondary N) is 1. The lowest BCUT2D eigenvalue weighted by molar-refractivity contribution is 0.0172. The Morgan fingerprint density at radius 1 is 0.826 bits per heavy atom. The van der Waals surface area contributed by atoms with Gasteiger partial charge < -0.3 is 20.4 Å². The van der Waals surface area contributed by atoms with Gasteiger partial charge in [-0.15, -0.1) is 0 Å². The lowest BCUT2D eigenvalue weighted by Gasteiger charge is -2.23. The van der Waals surface area contributed by atoms with E-state index in [1.807, 2.05) is 55.6 Å². The fraction of sp³-hybridized carbons (Fsp3) is 0.368. The molecule has 2 unspecified atom stereocenters. The van der Waals surface area contributed by atoms with E-state index in [9.17, 15) is 10.2 Å². The highest BCUT2D eigenvalue weighted by Crippen LogP contribution is 2.30. The zero-order valence-corrected chi connectivity index (χ0v) is 14.0. The van der Waals surface area contributed by atoms with Gasteiger partial charge in [0.25, 0.3) is 0 Å². The molecule has 0 spiro atoms. The molecule has 23 heavy (non-hydrogen) atoms. The first-order chi connectivity index (χ1) is 11.1. The smallest absolute Gasteiger partial charge is 0.109 e. The number of aliphatic hydroxyl groups excluding tert-OH is 2. The van der Waals surface area contributed by atoms with Crippen LogP contribution >= 0.6 is 0 Å². The van der Waals surface area contributed by atoms with Gasteiger partial charge in [0, 0.05) is 31.5 Å². The highest BCUT2D eigenvalue weighted by Gasteiger charge is 2.20. The molecule has 0 aliphatic rings. The van der Waals surface area contributed by atoms with E-state index in [-0.39, 0.29) is 0 Å². The average molecular weight is 314 g/mol. The van der Waals surface area contributed by atoms with Gasteiger partial charge in [-0.3, -0.25) is 0 Å². The maximum atomic E-state index is 10.4. The number of rotatable bonds is 7. The second-order valence-corrected chi connectivity index (χ2v) is 5.53. The number of benzene rings is 2. The summed E-state index contributed by atoms with van der Waals surface area (Å²) in [4.78, 5) is 2.24. The molecule has 0 fully saturated rings. The first-order valence-corrected chi connectivity index (χ1v) is 8.09. The van der Waals surface area contributed by atoms with E-state index in [2.05, 4.69) is 24.1 Å². The van der Waals surface area contributed by atoms with Crippen molar-refractivity contribution in [2.45, 2.75) is 26.1 Å². The number of hydrogen-bond donors (Lipinski definition) is 3. The molecule has 0 aliphatic carbocycles. The van der Waals surface area contributed by atoms with E-state index in [1.165, 1.54) is 0 Å². The van der Waals surface area contributed by atoms with Crippen LogP contribution in [0.5, 0.6) is 0 Å². The van der Waals surface area contributed by atoms with Gasteiger partial charge in [-0.25, -0.2) is 0 Å². The summed E-state index contributed by atoms with van der Waals surface area (Å²) in [7, 11) is 1.84. The molecule has 0 saturated heterocycles. The van der Waals surface area contributed by atoms with Gasteiger partial charge in [-0.1, -0.05) is 24.3 Å². The normalized spacial score (nSPS) is 13.4. The Morgan fingerprint density at radius 3 is 1.65 bits per heavy atom. The summed E-state index contributed by atoms with van der Waals surface area (Å²) in [6.07, 6.45) is -1.89. The molecule has 2 aromatic rings. The third-order valence-electron chi connectivity index (χ3n) is 4.20. The van der Waals surface area contributed by atoms with Crippen LogP contribution in [-0.2, 0) is 0 Å². The molecular formula is C19H26N2O2. The Bertz CT molecular complexity index is 592. The molecule has 0 heterocycles. The van der Waals surface area contributed by atoms with Gasteiger partial charge in [-0.05, 0) is 49.2 Å². The van der Waals surface area contributed by atoms with Crippen molar-refractivity contribution in [2.24, 2.45) is 0 Å². The lowest BCUT2D eigenvalue weighted by Crippen LogP contribution is -2.21. The van der Waals surface area contributed by atoms with Gasteiger partial charge in [0.1, 0.15) is 12.2 Å². The summed E-state index contributed by atoms with van der Waals surface area (Å²) < 4.78 is 0. The van der Waals surface area contributed by atoms with Crippen LogP contribution in [0.25, 0.3) is 0 Å². The van der Waals surface area contributed by atoms with Gasteiger partial charge in [0.15, 0.2) is 0 Å². The highest BCUT2D eigenvalue weighted by atomic mass is 16.3. The number of anilines is 2. The summed E-state index contributed by atoms with van der Waals surface area (Å²) in [5.74, 6) is 0. The summed E-state index contributed by atoms with van der Waals surface area (Å²) in [5, 5.41) is 23.9. The first-order valence-electron chi connectivity index (χ1n) is 8.09. The summed E-state index contributed by atoms with van der Waals surface area (Å²) >= 11 is 0. The second kappa shape index (κ2) is 7.99. The van der Waals surface area contributed by atoms with Crippen LogP contribution in [0.2, 0.25) is 0 Å². The number of nitrogens with zero attached hydrogens (tertiary/aromatic N) is 1. The van der Waals surface area contributed by atoms with Gasteiger partial charge in [0.05, 0.1) is 0 Å². The Balaban J connectivity index is 2.13.